The smallest absolute Gasteiger partial charge is 0.131 e. The molecule has 7 nitrogen and oxygen atoms in total. The number of hydrogen-bond acceptors (Lipinski definition) is 4. The molecule has 0 aliphatic carbocycles. The Labute approximate surface area is 181 Å². The van der Waals surface area contributed by atoms with E-state index in [1.165, 1.54) is 0 Å². The molecule has 0 heterocycles. The predicted octanol–water partition coefficient (Wildman–Crippen LogP) is 3.03. The Morgan fingerprint density at radius 3 is 1.23 bits per heavy atom. The van der Waals surface area contributed by atoms with Crippen LogP contribution in [0.3, 0.4) is 0 Å². The monoisotopic (exact) mass is 411 g/mol. The normalized spacial score (nSPS) is 12.6. The average molecular weight is 412 g/mol. The van der Waals surface area contributed by atoms with Crippen molar-refractivity contribution in [3.8, 4) is 0 Å². The van der Waals surface area contributed by atoms with Crippen molar-refractivity contribution < 1.29 is 0 Å². The number of hydrogen-bond donors (Lipinski definition) is 4. The Morgan fingerprint density at radius 2 is 0.871 bits per heavy atom. The first kappa shape index (κ1) is 21.3. The molecule has 0 aromatic heterocycles. The van der Waals surface area contributed by atoms with Crippen LogP contribution < -0.4 is 22.9 Å². The number of amidine groups is 3. The van der Waals surface area contributed by atoms with Crippen molar-refractivity contribution in [2.24, 2.45) is 37.9 Å². The fourth-order valence-corrected chi connectivity index (χ4v) is 2.80. The topological polar surface area (TPSA) is 141 Å². The maximum Gasteiger partial charge on any atom is 0.131 e. The summed E-state index contributed by atoms with van der Waals surface area (Å²) >= 11 is 0. The van der Waals surface area contributed by atoms with Crippen LogP contribution in [0.25, 0.3) is 5.70 Å². The molecule has 0 radical (unpaired) electrons. The molecule has 3 rings (SSSR count). The van der Waals surface area contributed by atoms with E-state index in [9.17, 15) is 0 Å². The van der Waals surface area contributed by atoms with E-state index in [0.717, 1.165) is 33.6 Å². The van der Waals surface area contributed by atoms with Crippen LogP contribution in [0.2, 0.25) is 0 Å². The van der Waals surface area contributed by atoms with E-state index >= 15 is 0 Å². The Kier molecular flexibility index (Phi) is 6.47. The second-order valence-electron chi connectivity index (χ2n) is 6.80. The third kappa shape index (κ3) is 5.36. The fourth-order valence-electron chi connectivity index (χ4n) is 2.80. The van der Waals surface area contributed by atoms with Gasteiger partial charge in [0.15, 0.2) is 0 Å². The van der Waals surface area contributed by atoms with Gasteiger partial charge in [-0.15, -0.1) is 0 Å². The molecule has 0 aliphatic rings. The van der Waals surface area contributed by atoms with Crippen molar-refractivity contribution in [1.82, 2.24) is 0 Å². The van der Waals surface area contributed by atoms with Crippen LogP contribution in [-0.2, 0) is 0 Å². The number of aliphatic imine (C=N–C) groups is 3. The predicted molar refractivity (Wildman–Crippen MR) is 130 cm³/mol. The first-order valence-electron chi connectivity index (χ1n) is 9.54. The second-order valence-corrected chi connectivity index (χ2v) is 6.80. The summed E-state index contributed by atoms with van der Waals surface area (Å²) < 4.78 is 0. The SMILES string of the molecule is C=C(N)c1ccc(N=C(N)c2ccc(C(N)=Nc3ccc(C(N)=NC)cc3)cc2)cc1. The van der Waals surface area contributed by atoms with E-state index in [1.807, 2.05) is 72.8 Å². The van der Waals surface area contributed by atoms with E-state index in [1.54, 1.807) is 7.05 Å². The van der Waals surface area contributed by atoms with Crippen molar-refractivity contribution in [3.63, 3.8) is 0 Å². The van der Waals surface area contributed by atoms with Crippen LogP contribution >= 0.6 is 0 Å². The number of benzene rings is 3. The maximum atomic E-state index is 6.16. The summed E-state index contributed by atoms with van der Waals surface area (Å²) in [6.07, 6.45) is 0. The molecule has 0 aliphatic heterocycles. The van der Waals surface area contributed by atoms with Crippen LogP contribution in [0, 0.1) is 0 Å². The number of nitrogens with zero attached hydrogens (tertiary/aromatic N) is 3. The van der Waals surface area contributed by atoms with E-state index in [-0.39, 0.29) is 0 Å². The Morgan fingerprint density at radius 1 is 0.548 bits per heavy atom. The van der Waals surface area contributed by atoms with Crippen LogP contribution in [-0.4, -0.2) is 24.6 Å². The van der Waals surface area contributed by atoms with Gasteiger partial charge in [-0.05, 0) is 42.0 Å². The van der Waals surface area contributed by atoms with Gasteiger partial charge in [-0.1, -0.05) is 43.0 Å². The highest BCUT2D eigenvalue weighted by Crippen LogP contribution is 2.18. The Hall–Kier alpha value is -4.39. The van der Waals surface area contributed by atoms with Crippen LogP contribution in [0.4, 0.5) is 11.4 Å². The van der Waals surface area contributed by atoms with E-state index < -0.39 is 0 Å². The van der Waals surface area contributed by atoms with Crippen molar-refractivity contribution in [2.45, 2.75) is 0 Å². The summed E-state index contributed by atoms with van der Waals surface area (Å²) in [5.74, 6) is 1.26. The van der Waals surface area contributed by atoms with Gasteiger partial charge in [-0.3, -0.25) is 4.99 Å². The van der Waals surface area contributed by atoms with Gasteiger partial charge >= 0.3 is 0 Å². The molecule has 3 aromatic rings. The van der Waals surface area contributed by atoms with Crippen molar-refractivity contribution in [1.29, 1.82) is 0 Å². The number of nitrogens with two attached hydrogens (primary N) is 4. The lowest BCUT2D eigenvalue weighted by molar-refractivity contribution is 1.38. The van der Waals surface area contributed by atoms with Crippen LogP contribution in [0.15, 0.2) is 94.4 Å². The zero-order valence-electron chi connectivity index (χ0n) is 17.3. The first-order valence-corrected chi connectivity index (χ1v) is 9.54. The average Bonchev–Trinajstić information content (AvgIpc) is 2.79. The lowest BCUT2D eigenvalue weighted by Crippen LogP contribution is -2.15. The molecule has 3 aromatic carbocycles. The summed E-state index contributed by atoms with van der Waals surface area (Å²) in [5, 5.41) is 0. The molecule has 31 heavy (non-hydrogen) atoms. The van der Waals surface area contributed by atoms with Gasteiger partial charge in [0, 0.05) is 29.4 Å². The molecular formula is C24H25N7. The number of rotatable bonds is 6. The van der Waals surface area contributed by atoms with Gasteiger partial charge in [0.1, 0.15) is 17.5 Å². The lowest BCUT2D eigenvalue weighted by Gasteiger charge is -2.06. The largest absolute Gasteiger partial charge is 0.399 e. The van der Waals surface area contributed by atoms with Gasteiger partial charge in [0.25, 0.3) is 0 Å². The van der Waals surface area contributed by atoms with Crippen molar-refractivity contribution in [2.75, 3.05) is 7.05 Å². The van der Waals surface area contributed by atoms with Crippen LogP contribution in [0.5, 0.6) is 0 Å². The molecule has 0 saturated carbocycles. The lowest BCUT2D eigenvalue weighted by atomic mass is 10.1. The highest BCUT2D eigenvalue weighted by molar-refractivity contribution is 6.02. The van der Waals surface area contributed by atoms with Gasteiger partial charge in [-0.2, -0.15) is 0 Å². The van der Waals surface area contributed by atoms with E-state index in [0.29, 0.717) is 23.2 Å². The minimum Gasteiger partial charge on any atom is -0.399 e. The fraction of sp³-hybridized carbons (Fsp3) is 0.0417. The summed E-state index contributed by atoms with van der Waals surface area (Å²) in [4.78, 5) is 12.9. The molecule has 0 fully saturated rings. The second kappa shape index (κ2) is 9.41. The highest BCUT2D eigenvalue weighted by atomic mass is 14.9. The van der Waals surface area contributed by atoms with Gasteiger partial charge in [-0.25, -0.2) is 9.98 Å². The summed E-state index contributed by atoms with van der Waals surface area (Å²) in [5.41, 5.74) is 29.0. The quantitative estimate of drug-likeness (QED) is 0.365. The minimum atomic E-state index is 0.393. The third-order valence-corrected chi connectivity index (χ3v) is 4.62. The molecule has 156 valence electrons. The molecule has 0 saturated heterocycles. The molecule has 0 amide bonds. The third-order valence-electron chi connectivity index (χ3n) is 4.62. The maximum absolute atomic E-state index is 6.16. The minimum absolute atomic E-state index is 0.393. The molecule has 0 bridgehead atoms. The van der Waals surface area contributed by atoms with Crippen molar-refractivity contribution >= 4 is 34.6 Å². The highest BCUT2D eigenvalue weighted by Gasteiger charge is 2.04. The van der Waals surface area contributed by atoms with E-state index in [2.05, 4.69) is 21.6 Å². The first-order chi connectivity index (χ1) is 14.9. The standard InChI is InChI=1S/C24H25N7/c1-15(25)16-7-11-20(12-8-16)30-23(27)18-3-5-19(6-4-18)24(28)31-21-13-9-17(10-14-21)22(26)29-2/h3-14H,1,25H2,2H3,(H2,26,29)(H2,27,30)(H2,28,31). The summed E-state index contributed by atoms with van der Waals surface area (Å²) in [6, 6.07) is 22.2. The molecule has 8 N–H and O–H groups in total. The van der Waals surface area contributed by atoms with Crippen LogP contribution in [0.1, 0.15) is 22.3 Å². The van der Waals surface area contributed by atoms with Gasteiger partial charge in [0.2, 0.25) is 0 Å². The van der Waals surface area contributed by atoms with Gasteiger partial charge < -0.3 is 22.9 Å². The van der Waals surface area contributed by atoms with Crippen molar-refractivity contribution in [3.05, 3.63) is 102 Å². The Bertz CT molecular complexity index is 1150. The zero-order chi connectivity index (χ0) is 22.4. The molecule has 0 atom stereocenters. The molecular weight excluding hydrogens is 386 g/mol. The zero-order valence-corrected chi connectivity index (χ0v) is 17.3. The molecule has 0 unspecified atom stereocenters. The summed E-state index contributed by atoms with van der Waals surface area (Å²) in [6.45, 7) is 3.71. The molecule has 7 heteroatoms. The van der Waals surface area contributed by atoms with Gasteiger partial charge in [0.05, 0.1) is 11.4 Å². The Balaban J connectivity index is 1.75. The van der Waals surface area contributed by atoms with E-state index in [4.69, 9.17) is 22.9 Å². The summed E-state index contributed by atoms with van der Waals surface area (Å²) in [7, 11) is 1.65. The molecule has 0 spiro atoms.